The average Bonchev–Trinajstić information content (AvgIpc) is 2.15. The predicted molar refractivity (Wildman–Crippen MR) is 40.4 cm³/mol. The molecule has 0 saturated carbocycles. The average molecular weight is 165 g/mol. The van der Waals surface area contributed by atoms with Crippen LogP contribution >= 0.6 is 24.8 Å². The third-order valence-electron chi connectivity index (χ3n) is 0.890. The van der Waals surface area contributed by atoms with Crippen LogP contribution in [-0.4, -0.2) is 23.9 Å². The highest BCUT2D eigenvalue weighted by Crippen LogP contribution is 1.99. The summed E-state index contributed by atoms with van der Waals surface area (Å²) < 4.78 is 10.1. The van der Waals surface area contributed by atoms with Gasteiger partial charge in [0.15, 0.2) is 0 Å². The van der Waals surface area contributed by atoms with E-state index in [4.69, 9.17) is 9.47 Å². The Kier molecular flexibility index (Phi) is 2.71. The highest BCUT2D eigenvalue weighted by molar-refractivity contribution is 8.10. The van der Waals surface area contributed by atoms with Crippen molar-refractivity contribution in [1.29, 1.82) is 0 Å². The lowest BCUT2D eigenvalue weighted by Gasteiger charge is -2.09. The quantitative estimate of drug-likeness (QED) is 0.427. The molecule has 9 heavy (non-hydrogen) atoms. The van der Waals surface area contributed by atoms with E-state index >= 15 is 0 Å². The van der Waals surface area contributed by atoms with Crippen LogP contribution in [0.1, 0.15) is 0 Å². The molecule has 0 aromatic heterocycles. The van der Waals surface area contributed by atoms with E-state index in [1.165, 1.54) is 0 Å². The van der Waals surface area contributed by atoms with Gasteiger partial charge in [-0.05, 0) is 12.2 Å². The summed E-state index contributed by atoms with van der Waals surface area (Å²) in [5.41, 5.74) is 0. The van der Waals surface area contributed by atoms with Gasteiger partial charge < -0.3 is 9.47 Å². The van der Waals surface area contributed by atoms with Gasteiger partial charge in [-0.2, -0.15) is 0 Å². The summed E-state index contributed by atoms with van der Waals surface area (Å²) in [4.78, 5) is 0. The van der Waals surface area contributed by atoms with Gasteiger partial charge in [-0.25, -0.2) is 0 Å². The van der Waals surface area contributed by atoms with E-state index in [2.05, 4.69) is 30.2 Å². The fourth-order valence-corrected chi connectivity index (χ4v) is 0.752. The van der Waals surface area contributed by atoms with Crippen LogP contribution in [0.5, 0.6) is 0 Å². The van der Waals surface area contributed by atoms with Crippen LogP contribution in [0.2, 0.25) is 0 Å². The van der Waals surface area contributed by atoms with Gasteiger partial charge in [0.1, 0.15) is 0 Å². The summed E-state index contributed by atoms with van der Waals surface area (Å²) in [6.45, 7) is 1.47. The Balaban J connectivity index is 2.19. The van der Waals surface area contributed by atoms with Gasteiger partial charge in [-0.1, -0.05) is 12.6 Å². The number of hydrogen-bond donors (Lipinski definition) is 2. The summed E-state index contributed by atoms with van der Waals surface area (Å²) in [5, 5.41) is 2.91. The zero-order valence-corrected chi connectivity index (χ0v) is 6.37. The Morgan fingerprint density at radius 3 is 3.11 bits per heavy atom. The van der Waals surface area contributed by atoms with Crippen molar-refractivity contribution in [2.75, 3.05) is 13.2 Å². The van der Waals surface area contributed by atoms with Crippen LogP contribution in [-0.2, 0) is 9.47 Å². The maximum Gasteiger partial charge on any atom is 0.261 e. The summed E-state index contributed by atoms with van der Waals surface area (Å²) in [6, 6.07) is 0. The molecule has 5 heteroatoms. The Hall–Kier alpha value is 0.160. The molecule has 0 bridgehead atoms. The molecule has 0 spiro atoms. The minimum absolute atomic E-state index is 0.203. The molecule has 1 unspecified atom stereocenters. The Bertz CT molecular complexity index is 113. The SMILES string of the molecule is S=C(S)OC1NCCO1. The second-order valence-electron chi connectivity index (χ2n) is 1.54. The summed E-state index contributed by atoms with van der Waals surface area (Å²) in [5.74, 6) is 0. The number of nitrogens with one attached hydrogen (secondary N) is 1. The smallest absolute Gasteiger partial charge is 0.261 e. The van der Waals surface area contributed by atoms with Crippen molar-refractivity contribution in [3.8, 4) is 0 Å². The molecule has 0 radical (unpaired) electrons. The van der Waals surface area contributed by atoms with Gasteiger partial charge in [0, 0.05) is 6.54 Å². The van der Waals surface area contributed by atoms with Crippen LogP contribution in [0.3, 0.4) is 0 Å². The van der Waals surface area contributed by atoms with Gasteiger partial charge >= 0.3 is 0 Å². The van der Waals surface area contributed by atoms with E-state index in [0.29, 0.717) is 6.61 Å². The maximum absolute atomic E-state index is 4.99. The normalized spacial score (nSPS) is 26.1. The topological polar surface area (TPSA) is 30.5 Å². The monoisotopic (exact) mass is 165 g/mol. The van der Waals surface area contributed by atoms with Crippen molar-refractivity contribution in [2.24, 2.45) is 0 Å². The molecule has 0 aromatic rings. The first-order valence-corrected chi connectivity index (χ1v) is 3.39. The zero-order valence-electron chi connectivity index (χ0n) is 4.66. The molecular weight excluding hydrogens is 158 g/mol. The van der Waals surface area contributed by atoms with Crippen molar-refractivity contribution in [1.82, 2.24) is 5.32 Å². The van der Waals surface area contributed by atoms with Crippen LogP contribution in [0.15, 0.2) is 0 Å². The number of thiocarbonyl (C=S) groups is 1. The lowest BCUT2D eigenvalue weighted by molar-refractivity contribution is -0.0560. The van der Waals surface area contributed by atoms with Crippen molar-refractivity contribution < 1.29 is 9.47 Å². The number of ether oxygens (including phenoxy) is 2. The number of hydrogen-bond acceptors (Lipinski definition) is 4. The molecule has 1 aliphatic heterocycles. The molecule has 1 saturated heterocycles. The van der Waals surface area contributed by atoms with Gasteiger partial charge in [-0.3, -0.25) is 5.32 Å². The first kappa shape index (κ1) is 7.27. The third-order valence-corrected chi connectivity index (χ3v) is 1.09. The van der Waals surface area contributed by atoms with Crippen LogP contribution in [0.4, 0.5) is 0 Å². The highest BCUT2D eigenvalue weighted by Gasteiger charge is 2.15. The fourth-order valence-electron chi connectivity index (χ4n) is 0.569. The molecule has 3 nitrogen and oxygen atoms in total. The van der Waals surface area contributed by atoms with E-state index in [9.17, 15) is 0 Å². The van der Waals surface area contributed by atoms with Gasteiger partial charge in [0.05, 0.1) is 6.61 Å². The minimum atomic E-state index is -0.380. The second-order valence-corrected chi connectivity index (χ2v) is 2.62. The Morgan fingerprint density at radius 2 is 2.67 bits per heavy atom. The van der Waals surface area contributed by atoms with Gasteiger partial charge in [0.2, 0.25) is 4.38 Å². The Labute approximate surface area is 64.1 Å². The van der Waals surface area contributed by atoms with Crippen LogP contribution in [0.25, 0.3) is 0 Å². The standard InChI is InChI=1S/C4H7NO2S2/c8-4(9)7-3-5-1-2-6-3/h3,5H,1-2H2,(H,8,9). The first-order valence-electron chi connectivity index (χ1n) is 2.53. The molecule has 0 aromatic carbocycles. The summed E-state index contributed by atoms with van der Waals surface area (Å²) in [7, 11) is 0. The Morgan fingerprint density at radius 1 is 1.89 bits per heavy atom. The van der Waals surface area contributed by atoms with E-state index in [-0.39, 0.29) is 10.8 Å². The molecule has 1 rings (SSSR count). The molecule has 1 atom stereocenters. The molecule has 1 N–H and O–H groups in total. The largest absolute Gasteiger partial charge is 0.435 e. The lowest BCUT2D eigenvalue weighted by atomic mass is 10.7. The van der Waals surface area contributed by atoms with Gasteiger partial charge in [-0.15, -0.1) is 0 Å². The number of rotatable bonds is 1. The lowest BCUT2D eigenvalue weighted by Crippen LogP contribution is -2.26. The summed E-state index contributed by atoms with van der Waals surface area (Å²) in [6.07, 6.45) is -0.380. The molecular formula is C4H7NO2S2. The zero-order chi connectivity index (χ0) is 6.69. The van der Waals surface area contributed by atoms with Crippen molar-refractivity contribution >= 4 is 29.2 Å². The van der Waals surface area contributed by atoms with Crippen LogP contribution < -0.4 is 5.32 Å². The van der Waals surface area contributed by atoms with Crippen LogP contribution in [0, 0.1) is 0 Å². The van der Waals surface area contributed by atoms with Crippen molar-refractivity contribution in [3.05, 3.63) is 0 Å². The molecule has 0 aliphatic carbocycles. The van der Waals surface area contributed by atoms with Crippen molar-refractivity contribution in [3.63, 3.8) is 0 Å². The third kappa shape index (κ3) is 2.49. The second kappa shape index (κ2) is 3.36. The molecule has 1 heterocycles. The minimum Gasteiger partial charge on any atom is -0.435 e. The maximum atomic E-state index is 4.99. The molecule has 0 amide bonds. The summed E-state index contributed by atoms with van der Waals surface area (Å²) >= 11 is 8.32. The fraction of sp³-hybridized carbons (Fsp3) is 0.750. The predicted octanol–water partition coefficient (Wildman–Crippen LogP) is 0.121. The van der Waals surface area contributed by atoms with Gasteiger partial charge in [0.25, 0.3) is 6.41 Å². The van der Waals surface area contributed by atoms with E-state index in [1.54, 1.807) is 0 Å². The van der Waals surface area contributed by atoms with E-state index in [0.717, 1.165) is 6.54 Å². The molecule has 1 aliphatic rings. The molecule has 1 fully saturated rings. The van der Waals surface area contributed by atoms with E-state index in [1.807, 2.05) is 0 Å². The van der Waals surface area contributed by atoms with E-state index < -0.39 is 0 Å². The first-order chi connectivity index (χ1) is 4.29. The number of thiol groups is 1. The van der Waals surface area contributed by atoms with Crippen molar-refractivity contribution in [2.45, 2.75) is 6.41 Å². The highest BCUT2D eigenvalue weighted by atomic mass is 32.1. The molecule has 52 valence electrons.